The first-order chi connectivity index (χ1) is 9.88. The van der Waals surface area contributed by atoms with E-state index in [0.29, 0.717) is 12.1 Å². The molecule has 2 nitrogen and oxygen atoms in total. The van der Waals surface area contributed by atoms with Crippen LogP contribution in [-0.4, -0.2) is 12.6 Å². The average Bonchev–Trinajstić information content (AvgIpc) is 2.98. The Balaban J connectivity index is 1.78. The van der Waals surface area contributed by atoms with E-state index in [1.165, 1.54) is 62.5 Å². The van der Waals surface area contributed by atoms with Crippen molar-refractivity contribution < 1.29 is 4.74 Å². The third-order valence-corrected chi connectivity index (χ3v) is 4.70. The fourth-order valence-corrected chi connectivity index (χ4v) is 3.64. The van der Waals surface area contributed by atoms with Crippen molar-refractivity contribution in [2.45, 2.75) is 70.4 Å². The lowest BCUT2D eigenvalue weighted by molar-refractivity contribution is 0.206. The van der Waals surface area contributed by atoms with Gasteiger partial charge in [0.1, 0.15) is 5.75 Å². The van der Waals surface area contributed by atoms with Gasteiger partial charge in [0.15, 0.2) is 0 Å². The Hall–Kier alpha value is -1.02. The lowest BCUT2D eigenvalue weighted by Gasteiger charge is -2.29. The third-order valence-electron chi connectivity index (χ3n) is 4.70. The van der Waals surface area contributed by atoms with Gasteiger partial charge in [-0.1, -0.05) is 19.1 Å². The van der Waals surface area contributed by atoms with Crippen LogP contribution < -0.4 is 10.1 Å². The zero-order chi connectivity index (χ0) is 13.8. The maximum Gasteiger partial charge on any atom is 0.123 e. The highest BCUT2D eigenvalue weighted by Gasteiger charge is 2.24. The number of fused-ring (bicyclic) bond motifs is 1. The maximum atomic E-state index is 6.30. The van der Waals surface area contributed by atoms with Gasteiger partial charge in [0, 0.05) is 6.04 Å². The van der Waals surface area contributed by atoms with E-state index < -0.39 is 0 Å². The SMILES string of the molecule is CCCNC1CCCc2c(OC3CCCC3)cccc21. The van der Waals surface area contributed by atoms with E-state index in [4.69, 9.17) is 4.74 Å². The fourth-order valence-electron chi connectivity index (χ4n) is 3.64. The van der Waals surface area contributed by atoms with Crippen LogP contribution in [0.1, 0.15) is 69.0 Å². The summed E-state index contributed by atoms with van der Waals surface area (Å²) >= 11 is 0. The third kappa shape index (κ3) is 3.01. The lowest BCUT2D eigenvalue weighted by atomic mass is 9.87. The molecule has 0 saturated heterocycles. The molecule has 2 aliphatic carbocycles. The molecule has 0 heterocycles. The van der Waals surface area contributed by atoms with Crippen molar-refractivity contribution in [1.82, 2.24) is 5.32 Å². The molecule has 0 aromatic heterocycles. The monoisotopic (exact) mass is 273 g/mol. The number of rotatable bonds is 5. The van der Waals surface area contributed by atoms with Crippen molar-refractivity contribution in [3.63, 3.8) is 0 Å². The second-order valence-corrected chi connectivity index (χ2v) is 6.25. The topological polar surface area (TPSA) is 21.3 Å². The second-order valence-electron chi connectivity index (χ2n) is 6.25. The van der Waals surface area contributed by atoms with Crippen LogP contribution in [0.5, 0.6) is 5.75 Å². The number of benzene rings is 1. The Labute approximate surface area is 122 Å². The summed E-state index contributed by atoms with van der Waals surface area (Å²) in [4.78, 5) is 0. The van der Waals surface area contributed by atoms with Crippen LogP contribution in [0.4, 0.5) is 0 Å². The normalized spacial score (nSPS) is 22.8. The zero-order valence-corrected chi connectivity index (χ0v) is 12.7. The molecule has 0 radical (unpaired) electrons. The van der Waals surface area contributed by atoms with E-state index in [2.05, 4.69) is 30.4 Å². The van der Waals surface area contributed by atoms with E-state index in [0.717, 1.165) is 12.3 Å². The molecule has 0 aliphatic heterocycles. The molecule has 20 heavy (non-hydrogen) atoms. The molecule has 0 spiro atoms. The zero-order valence-electron chi connectivity index (χ0n) is 12.7. The minimum Gasteiger partial charge on any atom is -0.490 e. The van der Waals surface area contributed by atoms with Gasteiger partial charge in [-0.3, -0.25) is 0 Å². The van der Waals surface area contributed by atoms with E-state index in [-0.39, 0.29) is 0 Å². The van der Waals surface area contributed by atoms with Gasteiger partial charge < -0.3 is 10.1 Å². The van der Waals surface area contributed by atoms with E-state index in [1.807, 2.05) is 0 Å². The van der Waals surface area contributed by atoms with Crippen LogP contribution in [0.15, 0.2) is 18.2 Å². The summed E-state index contributed by atoms with van der Waals surface area (Å²) in [6, 6.07) is 7.18. The number of ether oxygens (including phenoxy) is 1. The van der Waals surface area contributed by atoms with Crippen molar-refractivity contribution in [2.24, 2.45) is 0 Å². The van der Waals surface area contributed by atoms with Crippen molar-refractivity contribution in [1.29, 1.82) is 0 Å². The number of hydrogen-bond acceptors (Lipinski definition) is 2. The van der Waals surface area contributed by atoms with Gasteiger partial charge in [-0.05, 0) is 75.1 Å². The molecule has 1 fully saturated rings. The van der Waals surface area contributed by atoms with Crippen molar-refractivity contribution in [3.8, 4) is 5.75 Å². The maximum absolute atomic E-state index is 6.30. The second kappa shape index (κ2) is 6.62. The summed E-state index contributed by atoms with van der Waals surface area (Å²) in [6.07, 6.45) is 10.5. The molecule has 1 atom stereocenters. The molecule has 1 aromatic rings. The summed E-state index contributed by atoms with van der Waals surface area (Å²) in [5.74, 6) is 1.16. The predicted molar refractivity (Wildman–Crippen MR) is 83.3 cm³/mol. The summed E-state index contributed by atoms with van der Waals surface area (Å²) < 4.78 is 6.30. The quantitative estimate of drug-likeness (QED) is 0.859. The highest BCUT2D eigenvalue weighted by atomic mass is 16.5. The Kier molecular flexibility index (Phi) is 4.62. The minimum atomic E-state index is 0.463. The molecule has 0 bridgehead atoms. The molecule has 1 unspecified atom stereocenters. The smallest absolute Gasteiger partial charge is 0.123 e. The van der Waals surface area contributed by atoms with Gasteiger partial charge in [0.25, 0.3) is 0 Å². The molecular formula is C18H27NO. The largest absolute Gasteiger partial charge is 0.490 e. The minimum absolute atomic E-state index is 0.463. The Bertz CT molecular complexity index is 437. The molecule has 1 aromatic carbocycles. The highest BCUT2D eigenvalue weighted by Crippen LogP contribution is 2.36. The van der Waals surface area contributed by atoms with Crippen LogP contribution >= 0.6 is 0 Å². The predicted octanol–water partition coefficient (Wildman–Crippen LogP) is 4.39. The lowest BCUT2D eigenvalue weighted by Crippen LogP contribution is -2.26. The van der Waals surface area contributed by atoms with Crippen molar-refractivity contribution >= 4 is 0 Å². The van der Waals surface area contributed by atoms with Crippen LogP contribution in [0, 0.1) is 0 Å². The standard InChI is InChI=1S/C18H27NO/c1-2-13-19-17-11-5-10-16-15(17)9-6-12-18(16)20-14-7-3-4-8-14/h6,9,12,14,17,19H,2-5,7-8,10-11,13H2,1H3. The number of nitrogens with one attached hydrogen (secondary N) is 1. The summed E-state index contributed by atoms with van der Waals surface area (Å²) in [5.41, 5.74) is 2.96. The first kappa shape index (κ1) is 13.9. The van der Waals surface area contributed by atoms with Gasteiger partial charge in [-0.2, -0.15) is 0 Å². The van der Waals surface area contributed by atoms with Crippen LogP contribution in [0.2, 0.25) is 0 Å². The molecule has 2 aliphatic rings. The van der Waals surface area contributed by atoms with Gasteiger partial charge in [-0.25, -0.2) is 0 Å². The molecule has 3 rings (SSSR count). The Morgan fingerprint density at radius 3 is 2.80 bits per heavy atom. The van der Waals surface area contributed by atoms with Crippen LogP contribution in [-0.2, 0) is 6.42 Å². The fraction of sp³-hybridized carbons (Fsp3) is 0.667. The van der Waals surface area contributed by atoms with Crippen molar-refractivity contribution in [2.75, 3.05) is 6.54 Å². The molecule has 0 amide bonds. The first-order valence-electron chi connectivity index (χ1n) is 8.40. The molecule has 110 valence electrons. The Morgan fingerprint density at radius 2 is 2.00 bits per heavy atom. The van der Waals surface area contributed by atoms with Gasteiger partial charge in [0.05, 0.1) is 6.10 Å². The molecule has 2 heteroatoms. The van der Waals surface area contributed by atoms with Gasteiger partial charge in [0.2, 0.25) is 0 Å². The highest BCUT2D eigenvalue weighted by molar-refractivity contribution is 5.43. The van der Waals surface area contributed by atoms with E-state index in [9.17, 15) is 0 Å². The van der Waals surface area contributed by atoms with Gasteiger partial charge >= 0.3 is 0 Å². The van der Waals surface area contributed by atoms with Crippen molar-refractivity contribution in [3.05, 3.63) is 29.3 Å². The van der Waals surface area contributed by atoms with Crippen LogP contribution in [0.3, 0.4) is 0 Å². The van der Waals surface area contributed by atoms with E-state index >= 15 is 0 Å². The Morgan fingerprint density at radius 1 is 1.15 bits per heavy atom. The molecule has 1 N–H and O–H groups in total. The molecule has 1 saturated carbocycles. The van der Waals surface area contributed by atoms with E-state index in [1.54, 1.807) is 0 Å². The first-order valence-corrected chi connectivity index (χ1v) is 8.40. The number of hydrogen-bond donors (Lipinski definition) is 1. The summed E-state index contributed by atoms with van der Waals surface area (Å²) in [7, 11) is 0. The molecular weight excluding hydrogens is 246 g/mol. The average molecular weight is 273 g/mol. The summed E-state index contributed by atoms with van der Waals surface area (Å²) in [5, 5.41) is 3.69. The summed E-state index contributed by atoms with van der Waals surface area (Å²) in [6.45, 7) is 3.34. The van der Waals surface area contributed by atoms with Gasteiger partial charge in [-0.15, -0.1) is 0 Å². The van der Waals surface area contributed by atoms with Crippen LogP contribution in [0.25, 0.3) is 0 Å².